The monoisotopic (exact) mass is 336 g/mol. The standard InChI is InChI=1S/C19H28O5/c1-6-23-15(20)11-12(17(22)24-7-2)10-13-14-8-9-19(5,16(13)21)18(14,3)4/h10,12,14H,6-9,11H2,1-5H3. The van der Waals surface area contributed by atoms with E-state index < -0.39 is 17.9 Å². The molecule has 5 heteroatoms. The van der Waals surface area contributed by atoms with Crippen molar-refractivity contribution in [3.63, 3.8) is 0 Å². The number of ketones is 1. The SMILES string of the molecule is CCOC(=O)CC(C=C1C(=O)C2(C)CCC1C2(C)C)C(=O)OCC. The third-order valence-electron chi connectivity index (χ3n) is 6.03. The fourth-order valence-corrected chi connectivity index (χ4v) is 4.20. The molecule has 134 valence electrons. The maximum atomic E-state index is 12.9. The molecule has 0 aliphatic heterocycles. The van der Waals surface area contributed by atoms with Gasteiger partial charge in [-0.2, -0.15) is 0 Å². The van der Waals surface area contributed by atoms with Gasteiger partial charge in [-0.1, -0.05) is 26.8 Å². The van der Waals surface area contributed by atoms with Crippen molar-refractivity contribution in [2.75, 3.05) is 13.2 Å². The van der Waals surface area contributed by atoms with Crippen molar-refractivity contribution in [3.05, 3.63) is 11.6 Å². The molecule has 3 unspecified atom stereocenters. The highest BCUT2D eigenvalue weighted by molar-refractivity contribution is 6.05. The topological polar surface area (TPSA) is 69.7 Å². The first-order valence-electron chi connectivity index (χ1n) is 8.77. The summed E-state index contributed by atoms with van der Waals surface area (Å²) in [5.74, 6) is -1.44. The van der Waals surface area contributed by atoms with Crippen molar-refractivity contribution in [2.45, 2.75) is 53.9 Å². The first-order chi connectivity index (χ1) is 11.2. The summed E-state index contributed by atoms with van der Waals surface area (Å²) in [4.78, 5) is 37.0. The van der Waals surface area contributed by atoms with Gasteiger partial charge in [0, 0.05) is 5.41 Å². The highest BCUT2D eigenvalue weighted by atomic mass is 16.5. The molecule has 2 bridgehead atoms. The smallest absolute Gasteiger partial charge is 0.313 e. The van der Waals surface area contributed by atoms with E-state index >= 15 is 0 Å². The van der Waals surface area contributed by atoms with Crippen LogP contribution in [0.15, 0.2) is 11.6 Å². The molecular weight excluding hydrogens is 308 g/mol. The van der Waals surface area contributed by atoms with Crippen LogP contribution in [0, 0.1) is 22.7 Å². The number of ether oxygens (including phenoxy) is 2. The van der Waals surface area contributed by atoms with Gasteiger partial charge in [0.05, 0.1) is 25.6 Å². The van der Waals surface area contributed by atoms with Crippen molar-refractivity contribution in [1.82, 2.24) is 0 Å². The van der Waals surface area contributed by atoms with E-state index in [0.717, 1.165) is 12.8 Å². The Bertz CT molecular complexity index is 574. The molecule has 0 heterocycles. The van der Waals surface area contributed by atoms with Gasteiger partial charge in [0.25, 0.3) is 0 Å². The summed E-state index contributed by atoms with van der Waals surface area (Å²) >= 11 is 0. The molecule has 2 aliphatic rings. The first-order valence-corrected chi connectivity index (χ1v) is 8.77. The molecule has 2 saturated carbocycles. The summed E-state index contributed by atoms with van der Waals surface area (Å²) in [6.07, 6.45) is 3.40. The average molecular weight is 336 g/mol. The van der Waals surface area contributed by atoms with Gasteiger partial charge < -0.3 is 9.47 Å². The van der Waals surface area contributed by atoms with Crippen LogP contribution < -0.4 is 0 Å². The molecule has 0 aromatic heterocycles. The van der Waals surface area contributed by atoms with Crippen molar-refractivity contribution >= 4 is 17.7 Å². The molecule has 3 atom stereocenters. The third kappa shape index (κ3) is 2.89. The Balaban J connectivity index is 2.31. The fourth-order valence-electron chi connectivity index (χ4n) is 4.20. The van der Waals surface area contributed by atoms with Crippen molar-refractivity contribution < 1.29 is 23.9 Å². The second-order valence-electron chi connectivity index (χ2n) is 7.46. The zero-order valence-corrected chi connectivity index (χ0v) is 15.3. The number of rotatable bonds is 6. The summed E-state index contributed by atoms with van der Waals surface area (Å²) < 4.78 is 10.0. The Morgan fingerprint density at radius 1 is 1.21 bits per heavy atom. The summed E-state index contributed by atoms with van der Waals surface area (Å²) in [6.45, 7) is 10.2. The second kappa shape index (κ2) is 6.69. The van der Waals surface area contributed by atoms with Crippen LogP contribution in [-0.2, 0) is 23.9 Å². The number of Topliss-reactive ketones (excluding diaryl/α,β-unsaturated/α-hetero) is 1. The van der Waals surface area contributed by atoms with Gasteiger partial charge in [-0.3, -0.25) is 14.4 Å². The number of carbonyl (C=O) groups is 3. The zero-order valence-electron chi connectivity index (χ0n) is 15.3. The largest absolute Gasteiger partial charge is 0.466 e. The molecule has 24 heavy (non-hydrogen) atoms. The van der Waals surface area contributed by atoms with Crippen LogP contribution in [-0.4, -0.2) is 30.9 Å². The molecule has 0 saturated heterocycles. The van der Waals surface area contributed by atoms with Crippen molar-refractivity contribution in [3.8, 4) is 0 Å². The van der Waals surface area contributed by atoms with E-state index in [9.17, 15) is 14.4 Å². The van der Waals surface area contributed by atoms with Gasteiger partial charge in [-0.15, -0.1) is 0 Å². The van der Waals surface area contributed by atoms with E-state index in [1.165, 1.54) is 0 Å². The van der Waals surface area contributed by atoms with Crippen LogP contribution in [0.2, 0.25) is 0 Å². The van der Waals surface area contributed by atoms with Gasteiger partial charge in [-0.25, -0.2) is 0 Å². The summed E-state index contributed by atoms with van der Waals surface area (Å²) in [5, 5.41) is 0. The van der Waals surface area contributed by atoms with E-state index in [1.54, 1.807) is 19.9 Å². The van der Waals surface area contributed by atoms with Crippen LogP contribution in [0.4, 0.5) is 0 Å². The van der Waals surface area contributed by atoms with Crippen LogP contribution in [0.1, 0.15) is 53.9 Å². The van der Waals surface area contributed by atoms with Crippen LogP contribution in [0.5, 0.6) is 0 Å². The van der Waals surface area contributed by atoms with Crippen LogP contribution in [0.3, 0.4) is 0 Å². The number of fused-ring (bicyclic) bond motifs is 2. The minimum atomic E-state index is -0.762. The Labute approximate surface area is 143 Å². The quantitative estimate of drug-likeness (QED) is 0.551. The molecule has 2 aliphatic carbocycles. The molecule has 5 nitrogen and oxygen atoms in total. The number of carbonyl (C=O) groups excluding carboxylic acids is 3. The molecule has 2 rings (SSSR count). The fraction of sp³-hybridized carbons (Fsp3) is 0.737. The van der Waals surface area contributed by atoms with Crippen molar-refractivity contribution in [2.24, 2.45) is 22.7 Å². The molecule has 0 spiro atoms. The lowest BCUT2D eigenvalue weighted by Crippen LogP contribution is -2.32. The van der Waals surface area contributed by atoms with Gasteiger partial charge in [-0.05, 0) is 43.6 Å². The number of hydrogen-bond acceptors (Lipinski definition) is 5. The van der Waals surface area contributed by atoms with E-state index in [1.807, 2.05) is 6.92 Å². The maximum absolute atomic E-state index is 12.9. The lowest BCUT2D eigenvalue weighted by atomic mass is 9.70. The Morgan fingerprint density at radius 2 is 1.83 bits per heavy atom. The summed E-state index contributed by atoms with van der Waals surface area (Å²) in [6, 6.07) is 0. The van der Waals surface area contributed by atoms with E-state index in [2.05, 4.69) is 13.8 Å². The minimum absolute atomic E-state index is 0.0900. The summed E-state index contributed by atoms with van der Waals surface area (Å²) in [7, 11) is 0. The first kappa shape index (κ1) is 18.7. The number of allylic oxidation sites excluding steroid dienone is 1. The van der Waals surface area contributed by atoms with E-state index in [-0.39, 0.29) is 42.2 Å². The minimum Gasteiger partial charge on any atom is -0.466 e. The predicted molar refractivity (Wildman–Crippen MR) is 89.1 cm³/mol. The highest BCUT2D eigenvalue weighted by Crippen LogP contribution is 2.65. The lowest BCUT2D eigenvalue weighted by molar-refractivity contribution is -0.153. The molecule has 2 fully saturated rings. The van der Waals surface area contributed by atoms with E-state index in [4.69, 9.17) is 9.47 Å². The predicted octanol–water partition coefficient (Wildman–Crippen LogP) is 3.07. The maximum Gasteiger partial charge on any atom is 0.313 e. The normalized spacial score (nSPS) is 30.5. The average Bonchev–Trinajstić information content (AvgIpc) is 2.81. The Morgan fingerprint density at radius 3 is 2.33 bits per heavy atom. The van der Waals surface area contributed by atoms with E-state index in [0.29, 0.717) is 5.57 Å². The second-order valence-corrected chi connectivity index (χ2v) is 7.46. The third-order valence-corrected chi connectivity index (χ3v) is 6.03. The molecule has 0 amide bonds. The summed E-state index contributed by atoms with van der Waals surface area (Å²) in [5.41, 5.74) is 0.183. The highest BCUT2D eigenvalue weighted by Gasteiger charge is 2.64. The molecule has 0 aromatic rings. The van der Waals surface area contributed by atoms with Gasteiger partial charge in [0.1, 0.15) is 0 Å². The van der Waals surface area contributed by atoms with Crippen LogP contribution >= 0.6 is 0 Å². The van der Waals surface area contributed by atoms with Crippen molar-refractivity contribution in [1.29, 1.82) is 0 Å². The molecular formula is C19H28O5. The van der Waals surface area contributed by atoms with Crippen LogP contribution in [0.25, 0.3) is 0 Å². The molecule has 0 radical (unpaired) electrons. The number of esters is 2. The zero-order chi connectivity index (χ0) is 18.1. The Hall–Kier alpha value is -1.65. The van der Waals surface area contributed by atoms with Gasteiger partial charge in [0.2, 0.25) is 0 Å². The van der Waals surface area contributed by atoms with Gasteiger partial charge >= 0.3 is 11.9 Å². The number of hydrogen-bond donors (Lipinski definition) is 0. The lowest BCUT2D eigenvalue weighted by Gasteiger charge is -2.31. The molecule has 0 aromatic carbocycles. The Kier molecular flexibility index (Phi) is 5.21. The molecule has 0 N–H and O–H groups in total. The van der Waals surface area contributed by atoms with Gasteiger partial charge in [0.15, 0.2) is 5.78 Å².